The van der Waals surface area contributed by atoms with E-state index in [0.717, 1.165) is 22.6 Å². The zero-order valence-corrected chi connectivity index (χ0v) is 13.6. The molecule has 0 radical (unpaired) electrons. The molecule has 0 atom stereocenters. The van der Waals surface area contributed by atoms with E-state index in [1.165, 1.54) is 18.4 Å². The summed E-state index contributed by atoms with van der Waals surface area (Å²) in [5.74, 6) is -0.764. The van der Waals surface area contributed by atoms with Gasteiger partial charge in [-0.05, 0) is 24.3 Å². The maximum atomic E-state index is 12.2. The van der Waals surface area contributed by atoms with Crippen molar-refractivity contribution in [2.75, 3.05) is 12.4 Å². The third-order valence-electron chi connectivity index (χ3n) is 2.90. The van der Waals surface area contributed by atoms with Gasteiger partial charge >= 0.3 is 5.97 Å². The van der Waals surface area contributed by atoms with Crippen molar-refractivity contribution < 1.29 is 14.3 Å². The molecule has 3 rings (SSSR count). The van der Waals surface area contributed by atoms with Crippen molar-refractivity contribution in [3.05, 3.63) is 51.8 Å². The normalized spacial score (nSPS) is 10.3. The first-order valence-corrected chi connectivity index (χ1v) is 8.22. The summed E-state index contributed by atoms with van der Waals surface area (Å²) >= 11 is 2.40. The Morgan fingerprint density at radius 1 is 1.22 bits per heavy atom. The molecule has 0 spiro atoms. The highest BCUT2D eigenvalue weighted by Gasteiger charge is 2.15. The van der Waals surface area contributed by atoms with Crippen molar-refractivity contribution in [1.82, 2.24) is 9.97 Å². The smallest absolute Gasteiger partial charge is 0.348 e. The van der Waals surface area contributed by atoms with E-state index >= 15 is 0 Å². The highest BCUT2D eigenvalue weighted by atomic mass is 32.1. The van der Waals surface area contributed by atoms with Gasteiger partial charge in [0.1, 0.15) is 4.88 Å². The van der Waals surface area contributed by atoms with Crippen LogP contribution >= 0.6 is 22.7 Å². The highest BCUT2D eigenvalue weighted by Crippen LogP contribution is 2.25. The van der Waals surface area contributed by atoms with Crippen LogP contribution in [-0.4, -0.2) is 29.0 Å². The summed E-state index contributed by atoms with van der Waals surface area (Å²) in [6.45, 7) is 0. The van der Waals surface area contributed by atoms with E-state index in [9.17, 15) is 9.59 Å². The van der Waals surface area contributed by atoms with Gasteiger partial charge in [-0.15, -0.1) is 22.7 Å². The lowest BCUT2D eigenvalue weighted by Gasteiger charge is -1.98. The largest absolute Gasteiger partial charge is 0.465 e. The van der Waals surface area contributed by atoms with Gasteiger partial charge in [0.25, 0.3) is 5.91 Å². The van der Waals surface area contributed by atoms with Crippen LogP contribution in [0.1, 0.15) is 19.3 Å². The Morgan fingerprint density at radius 3 is 2.78 bits per heavy atom. The molecule has 0 unspecified atom stereocenters. The number of nitrogens with one attached hydrogen (secondary N) is 1. The van der Waals surface area contributed by atoms with Crippen LogP contribution in [0.15, 0.2) is 42.0 Å². The molecule has 3 aromatic heterocycles. The first-order valence-electron chi connectivity index (χ1n) is 6.53. The number of carbonyl (C=O) groups excluding carboxylic acids is 2. The highest BCUT2D eigenvalue weighted by molar-refractivity contribution is 7.16. The lowest BCUT2D eigenvalue weighted by molar-refractivity contribution is 0.0606. The van der Waals surface area contributed by atoms with Gasteiger partial charge in [-0.1, -0.05) is 0 Å². The molecule has 0 bridgehead atoms. The molecule has 0 saturated carbocycles. The van der Waals surface area contributed by atoms with Crippen LogP contribution in [0.3, 0.4) is 0 Å². The molecule has 0 fully saturated rings. The minimum absolute atomic E-state index is 0.308. The SMILES string of the molecule is COC(=O)c1ccc(C(=O)Nc2nc(-c3cccnc3)cs2)s1. The Morgan fingerprint density at radius 2 is 2.04 bits per heavy atom. The van der Waals surface area contributed by atoms with E-state index in [2.05, 4.69) is 20.0 Å². The van der Waals surface area contributed by atoms with Gasteiger partial charge in [-0.2, -0.15) is 0 Å². The summed E-state index contributed by atoms with van der Waals surface area (Å²) < 4.78 is 4.62. The van der Waals surface area contributed by atoms with Crippen LogP contribution < -0.4 is 5.32 Å². The Labute approximate surface area is 139 Å². The lowest BCUT2D eigenvalue weighted by Crippen LogP contribution is -2.09. The van der Waals surface area contributed by atoms with Crippen molar-refractivity contribution in [3.8, 4) is 11.3 Å². The Kier molecular flexibility index (Phi) is 4.45. The van der Waals surface area contributed by atoms with E-state index in [1.54, 1.807) is 24.5 Å². The number of thiazole rings is 1. The molecule has 0 aliphatic carbocycles. The quantitative estimate of drug-likeness (QED) is 0.734. The van der Waals surface area contributed by atoms with Gasteiger partial charge in [0.15, 0.2) is 5.13 Å². The molecule has 116 valence electrons. The maximum absolute atomic E-state index is 12.2. The van der Waals surface area contributed by atoms with Crippen LogP contribution in [0, 0.1) is 0 Å². The zero-order valence-electron chi connectivity index (χ0n) is 12.0. The van der Waals surface area contributed by atoms with E-state index in [1.807, 2.05) is 17.5 Å². The number of anilines is 1. The Hall–Kier alpha value is -2.58. The van der Waals surface area contributed by atoms with E-state index in [0.29, 0.717) is 14.9 Å². The van der Waals surface area contributed by atoms with Crippen LogP contribution in [0.2, 0.25) is 0 Å². The average molecular weight is 345 g/mol. The average Bonchev–Trinajstić information content (AvgIpc) is 3.24. The van der Waals surface area contributed by atoms with Crippen molar-refractivity contribution in [2.24, 2.45) is 0 Å². The Bertz CT molecular complexity index is 843. The molecule has 0 aliphatic heterocycles. The number of carbonyl (C=O) groups is 2. The molecule has 3 aromatic rings. The first-order chi connectivity index (χ1) is 11.2. The van der Waals surface area contributed by atoms with E-state index in [4.69, 9.17) is 0 Å². The number of methoxy groups -OCH3 is 1. The summed E-state index contributed by atoms with van der Waals surface area (Å²) in [5.41, 5.74) is 1.63. The number of pyridine rings is 1. The number of aromatic nitrogens is 2. The number of ether oxygens (including phenoxy) is 1. The monoisotopic (exact) mass is 345 g/mol. The Balaban J connectivity index is 1.72. The second kappa shape index (κ2) is 6.67. The standard InChI is InChI=1S/C15H11N3O3S2/c1-21-14(20)12-5-4-11(23-12)13(19)18-15-17-10(8-22-15)9-3-2-6-16-7-9/h2-8H,1H3,(H,17,18,19). The first kappa shape index (κ1) is 15.3. The van der Waals surface area contributed by atoms with Crippen LogP contribution in [-0.2, 0) is 4.74 Å². The van der Waals surface area contributed by atoms with Crippen molar-refractivity contribution in [3.63, 3.8) is 0 Å². The van der Waals surface area contributed by atoms with Gasteiger partial charge in [-0.3, -0.25) is 15.1 Å². The lowest BCUT2D eigenvalue weighted by atomic mass is 10.2. The topological polar surface area (TPSA) is 81.2 Å². The zero-order chi connectivity index (χ0) is 16.2. The maximum Gasteiger partial charge on any atom is 0.348 e. The number of nitrogens with zero attached hydrogens (tertiary/aromatic N) is 2. The summed E-state index contributed by atoms with van der Waals surface area (Å²) in [4.78, 5) is 32.8. The van der Waals surface area contributed by atoms with Gasteiger partial charge in [0.05, 0.1) is 17.7 Å². The third-order valence-corrected chi connectivity index (χ3v) is 4.72. The van der Waals surface area contributed by atoms with Gasteiger partial charge < -0.3 is 4.74 Å². The summed E-state index contributed by atoms with van der Waals surface area (Å²) in [6.07, 6.45) is 3.40. The molecule has 0 saturated heterocycles. The predicted molar refractivity (Wildman–Crippen MR) is 89.0 cm³/mol. The fourth-order valence-electron chi connectivity index (χ4n) is 1.81. The van der Waals surface area contributed by atoms with Crippen molar-refractivity contribution >= 4 is 39.7 Å². The van der Waals surface area contributed by atoms with E-state index < -0.39 is 5.97 Å². The number of thiophene rings is 1. The minimum atomic E-state index is -0.456. The molecule has 3 heterocycles. The predicted octanol–water partition coefficient (Wildman–Crippen LogP) is 3.31. The fraction of sp³-hybridized carbons (Fsp3) is 0.0667. The van der Waals surface area contributed by atoms with E-state index in [-0.39, 0.29) is 5.91 Å². The van der Waals surface area contributed by atoms with Gasteiger partial charge in [0, 0.05) is 23.3 Å². The molecule has 0 aliphatic rings. The van der Waals surface area contributed by atoms with Crippen molar-refractivity contribution in [1.29, 1.82) is 0 Å². The summed E-state index contributed by atoms with van der Waals surface area (Å²) in [7, 11) is 1.30. The van der Waals surface area contributed by atoms with Gasteiger partial charge in [0.2, 0.25) is 0 Å². The molecule has 8 heteroatoms. The molecular formula is C15H11N3O3S2. The number of hydrogen-bond acceptors (Lipinski definition) is 7. The van der Waals surface area contributed by atoms with Crippen LogP contribution in [0.5, 0.6) is 0 Å². The number of rotatable bonds is 4. The summed E-state index contributed by atoms with van der Waals surface area (Å²) in [6, 6.07) is 6.87. The molecular weight excluding hydrogens is 334 g/mol. The molecule has 6 nitrogen and oxygen atoms in total. The van der Waals surface area contributed by atoms with Gasteiger partial charge in [-0.25, -0.2) is 9.78 Å². The second-order valence-corrected chi connectivity index (χ2v) is 6.33. The number of esters is 1. The molecule has 1 N–H and O–H groups in total. The van der Waals surface area contributed by atoms with Crippen LogP contribution in [0.4, 0.5) is 5.13 Å². The summed E-state index contributed by atoms with van der Waals surface area (Å²) in [5, 5.41) is 5.06. The van der Waals surface area contributed by atoms with Crippen LogP contribution in [0.25, 0.3) is 11.3 Å². The minimum Gasteiger partial charge on any atom is -0.465 e. The molecule has 0 aromatic carbocycles. The molecule has 23 heavy (non-hydrogen) atoms. The number of amides is 1. The fourth-order valence-corrected chi connectivity index (χ4v) is 3.34. The molecule has 1 amide bonds. The van der Waals surface area contributed by atoms with Crippen molar-refractivity contribution in [2.45, 2.75) is 0 Å². The number of hydrogen-bond donors (Lipinski definition) is 1. The third kappa shape index (κ3) is 3.43. The second-order valence-electron chi connectivity index (χ2n) is 4.39.